The van der Waals surface area contributed by atoms with Crippen LogP contribution in [-0.2, 0) is 10.4 Å². The van der Waals surface area contributed by atoms with Gasteiger partial charge in [0.15, 0.2) is 0 Å². The Balaban J connectivity index is -0.000000239. The second-order valence-corrected chi connectivity index (χ2v) is 6.78. The fraction of sp³-hybridized carbons (Fsp3) is 0.750. The first-order valence-corrected chi connectivity index (χ1v) is 8.69. The molecule has 0 amide bonds. The van der Waals surface area contributed by atoms with E-state index in [4.69, 9.17) is 51.3 Å². The van der Waals surface area contributed by atoms with Crippen LogP contribution in [-0.4, -0.2) is 38.6 Å². The van der Waals surface area contributed by atoms with E-state index in [1.54, 1.807) is 0 Å². The van der Waals surface area contributed by atoms with Crippen molar-refractivity contribution >= 4 is 44.3 Å². The van der Waals surface area contributed by atoms with Crippen LogP contribution in [0.2, 0.25) is 0 Å². The predicted octanol–water partition coefficient (Wildman–Crippen LogP) is -4.36. The Morgan fingerprint density at radius 3 is 1.24 bits per heavy atom. The lowest BCUT2D eigenvalue weighted by Crippen LogP contribution is -2.45. The van der Waals surface area contributed by atoms with Gasteiger partial charge < -0.3 is 20.6 Å². The summed E-state index contributed by atoms with van der Waals surface area (Å²) in [6.07, 6.45) is 1.78. The van der Waals surface area contributed by atoms with Crippen molar-refractivity contribution < 1.29 is 28.3 Å². The fourth-order valence-corrected chi connectivity index (χ4v) is 1.55. The minimum Gasteiger partial charge on any atom is -0.759 e. The smallest absolute Gasteiger partial charge is 0.301 e. The van der Waals surface area contributed by atoms with Gasteiger partial charge in [-0.15, -0.1) is 0 Å². The van der Waals surface area contributed by atoms with Crippen LogP contribution in [0.3, 0.4) is 0 Å². The monoisotopic (exact) mass is 364 g/mol. The summed E-state index contributed by atoms with van der Waals surface area (Å²) in [4.78, 5) is 0. The van der Waals surface area contributed by atoms with Gasteiger partial charge in [0.05, 0.1) is 10.7 Å². The van der Waals surface area contributed by atoms with E-state index in [1.165, 1.54) is 23.5 Å². The van der Waals surface area contributed by atoms with Gasteiger partial charge in [-0.2, -0.15) is 0 Å². The van der Waals surface area contributed by atoms with Crippen LogP contribution >= 0.6 is 23.5 Å². The van der Waals surface area contributed by atoms with Gasteiger partial charge >= 0.3 is 10.3 Å². The highest BCUT2D eigenvalue weighted by atomic mass is 32.3. The molecule has 0 saturated heterocycles. The first kappa shape index (κ1) is 25.4. The minimum atomic E-state index is -5.17. The average molecular weight is 365 g/mol. The number of hydrogen-bond donors (Lipinski definition) is 6. The molecule has 0 radical (unpaired) electrons. The van der Waals surface area contributed by atoms with Gasteiger partial charge in [0, 0.05) is 10.4 Å². The maximum atomic E-state index is 8.52. The summed E-state index contributed by atoms with van der Waals surface area (Å²) in [5, 5.41) is 11.1. The molecule has 0 rings (SSSR count). The van der Waals surface area contributed by atoms with Crippen LogP contribution in [0.4, 0.5) is 0 Å². The van der Waals surface area contributed by atoms with Gasteiger partial charge in [-0.25, -0.2) is 0 Å². The van der Waals surface area contributed by atoms with Gasteiger partial charge in [0.2, 0.25) is 0 Å². The van der Waals surface area contributed by atoms with Crippen LogP contribution in [0.5, 0.6) is 0 Å². The molecule has 0 fully saturated rings. The van der Waals surface area contributed by atoms with E-state index in [0.29, 0.717) is 10.3 Å². The molecule has 0 saturated carbocycles. The van der Waals surface area contributed by atoms with Crippen molar-refractivity contribution in [1.29, 1.82) is 0 Å². The summed E-state index contributed by atoms with van der Waals surface area (Å²) < 4.78 is 34.1. The first-order chi connectivity index (χ1) is 9.33. The first-order valence-electron chi connectivity index (χ1n) is 5.60. The van der Waals surface area contributed by atoms with Gasteiger partial charge in [-0.3, -0.25) is 30.7 Å². The highest BCUT2D eigenvalue weighted by Gasteiger charge is 2.03. The minimum absolute atomic E-state index is 0.0556. The molecule has 0 aliphatic heterocycles. The molecule has 0 aliphatic carbocycles. The molecule has 128 valence electrons. The lowest BCUT2D eigenvalue weighted by Gasteiger charge is -2.06. The zero-order valence-corrected chi connectivity index (χ0v) is 14.3. The molecule has 12 N–H and O–H groups in total. The van der Waals surface area contributed by atoms with Crippen molar-refractivity contribution in [3.8, 4) is 0 Å². The van der Waals surface area contributed by atoms with E-state index in [2.05, 4.69) is 0 Å². The quantitative estimate of drug-likeness (QED) is 0.0920. The largest absolute Gasteiger partial charge is 0.759 e. The van der Waals surface area contributed by atoms with Crippen molar-refractivity contribution in [2.24, 2.45) is 22.9 Å². The Labute approximate surface area is 133 Å². The van der Waals surface area contributed by atoms with Crippen molar-refractivity contribution in [1.82, 2.24) is 0 Å². The molecule has 2 atom stereocenters. The molecular weight excluding hydrogens is 340 g/mol. The molecule has 0 spiro atoms. The van der Waals surface area contributed by atoms with Crippen molar-refractivity contribution in [2.75, 3.05) is 0 Å². The van der Waals surface area contributed by atoms with Gasteiger partial charge in [-0.05, 0) is 36.4 Å². The number of rotatable bonds is 4. The predicted molar refractivity (Wildman–Crippen MR) is 84.4 cm³/mol. The Kier molecular flexibility index (Phi) is 17.4. The van der Waals surface area contributed by atoms with Crippen LogP contribution < -0.4 is 33.8 Å². The summed E-state index contributed by atoms with van der Waals surface area (Å²) >= 11 is 2.61. The molecule has 21 heavy (non-hydrogen) atoms. The molecule has 0 bridgehead atoms. The second-order valence-electron chi connectivity index (χ2n) is 3.34. The summed E-state index contributed by atoms with van der Waals surface area (Å²) in [5.74, 6) is 0. The van der Waals surface area contributed by atoms with Gasteiger partial charge in [-0.1, -0.05) is 13.8 Å². The van der Waals surface area contributed by atoms with E-state index in [9.17, 15) is 0 Å². The zero-order chi connectivity index (χ0) is 17.6. The SMILES string of the molecule is CCC(N)SC(N)=[NH2+].CCC(N)SC(N)=[NH2+].O=S(=O)([O-])[O-]. The highest BCUT2D eigenvalue weighted by molar-refractivity contribution is 8.14. The summed E-state index contributed by atoms with van der Waals surface area (Å²) in [6, 6.07) is 0. The third-order valence-electron chi connectivity index (χ3n) is 1.38. The Hall–Kier alpha value is -0.570. The lowest BCUT2D eigenvalue weighted by atomic mass is 10.5. The third kappa shape index (κ3) is 45.2. The van der Waals surface area contributed by atoms with Crippen molar-refractivity contribution in [3.63, 3.8) is 0 Å². The van der Waals surface area contributed by atoms with Crippen molar-refractivity contribution in [3.05, 3.63) is 0 Å². The number of amidine groups is 2. The molecule has 0 heterocycles. The maximum Gasteiger partial charge on any atom is 0.301 e. The molecule has 0 aliphatic rings. The number of thioether (sulfide) groups is 2. The molecule has 2 unspecified atom stereocenters. The molecular formula is C8H24N6O4S3. The summed E-state index contributed by atoms with van der Waals surface area (Å²) in [6.45, 7) is 3.97. The van der Waals surface area contributed by atoms with Crippen LogP contribution in [0, 0.1) is 0 Å². The molecule has 13 heteroatoms. The van der Waals surface area contributed by atoms with Crippen LogP contribution in [0.1, 0.15) is 26.7 Å². The molecule has 10 nitrogen and oxygen atoms in total. The fourth-order valence-electron chi connectivity index (χ4n) is 0.516. The van der Waals surface area contributed by atoms with E-state index in [-0.39, 0.29) is 10.7 Å². The zero-order valence-electron chi connectivity index (χ0n) is 11.9. The maximum absolute atomic E-state index is 8.52. The van der Waals surface area contributed by atoms with Crippen molar-refractivity contribution in [2.45, 2.75) is 37.4 Å². The van der Waals surface area contributed by atoms with E-state index in [0.717, 1.165) is 12.8 Å². The van der Waals surface area contributed by atoms with Crippen LogP contribution in [0.25, 0.3) is 0 Å². The average Bonchev–Trinajstić information content (AvgIpc) is 2.25. The molecule has 0 aromatic rings. The summed E-state index contributed by atoms with van der Waals surface area (Å²) in [5.41, 5.74) is 21.2. The third-order valence-corrected chi connectivity index (χ3v) is 3.20. The van der Waals surface area contributed by atoms with E-state index in [1.807, 2.05) is 13.8 Å². The number of nitrogens with two attached hydrogens (primary N) is 6. The van der Waals surface area contributed by atoms with Gasteiger partial charge in [0.1, 0.15) is 0 Å². The Morgan fingerprint density at radius 1 is 1.00 bits per heavy atom. The number of hydrogen-bond acceptors (Lipinski definition) is 8. The second kappa shape index (κ2) is 14.4. The normalized spacial score (nSPS) is 12.9. The topological polar surface area (TPSA) is 236 Å². The molecule has 0 aromatic carbocycles. The van der Waals surface area contributed by atoms with Crippen LogP contribution in [0.15, 0.2) is 0 Å². The van der Waals surface area contributed by atoms with E-state index >= 15 is 0 Å². The lowest BCUT2D eigenvalue weighted by molar-refractivity contribution is -0.110. The summed E-state index contributed by atoms with van der Waals surface area (Å²) in [7, 11) is -5.17. The molecule has 0 aromatic heterocycles. The Bertz CT molecular complexity index is 361. The van der Waals surface area contributed by atoms with E-state index < -0.39 is 10.4 Å². The Morgan fingerprint density at radius 2 is 1.19 bits per heavy atom. The standard InChI is InChI=1S/2C4H11N3S.H2O4S/c2*1-2-3(5)8-4(6)7;1-5(2,3)4/h2*3H,2,5H2,1H3,(H3,6,7);(H2,1,2,3,4). The highest BCUT2D eigenvalue weighted by Crippen LogP contribution is 2.04. The van der Waals surface area contributed by atoms with Gasteiger partial charge in [0.25, 0.3) is 0 Å².